The number of hydrogen-bond acceptors (Lipinski definition) is 2. The molecule has 0 radical (unpaired) electrons. The van der Waals surface area contributed by atoms with Crippen LogP contribution in [0, 0.1) is 0 Å². The summed E-state index contributed by atoms with van der Waals surface area (Å²) in [7, 11) is 0. The molecule has 0 spiro atoms. The van der Waals surface area contributed by atoms with E-state index in [1.807, 2.05) is 29.2 Å². The van der Waals surface area contributed by atoms with Gasteiger partial charge in [-0.05, 0) is 31.0 Å². The van der Waals surface area contributed by atoms with Crippen LogP contribution >= 0.6 is 22.9 Å². The van der Waals surface area contributed by atoms with Crippen LogP contribution in [0.3, 0.4) is 0 Å². The van der Waals surface area contributed by atoms with Crippen molar-refractivity contribution in [2.75, 3.05) is 16.6 Å². The van der Waals surface area contributed by atoms with E-state index in [0.29, 0.717) is 0 Å². The van der Waals surface area contributed by atoms with Crippen LogP contribution in [-0.2, 0) is 0 Å². The molecule has 0 aliphatic carbocycles. The van der Waals surface area contributed by atoms with E-state index < -0.39 is 0 Å². The van der Waals surface area contributed by atoms with Gasteiger partial charge in [0.25, 0.3) is 5.91 Å². The molecule has 0 atom stereocenters. The summed E-state index contributed by atoms with van der Waals surface area (Å²) in [4.78, 5) is 13.9. The Morgan fingerprint density at radius 2 is 2.07 bits per heavy atom. The lowest BCUT2D eigenvalue weighted by Crippen LogP contribution is -2.27. The third-order valence-electron chi connectivity index (χ3n) is 2.61. The fourth-order valence-electron chi connectivity index (χ4n) is 1.81. The van der Waals surface area contributed by atoms with Gasteiger partial charge in [0, 0.05) is 24.3 Å². The summed E-state index contributed by atoms with van der Waals surface area (Å²) in [6.07, 6.45) is 2.27. The van der Waals surface area contributed by atoms with Crippen molar-refractivity contribution < 1.29 is 4.79 Å². The molecule has 1 saturated heterocycles. The molecule has 1 aromatic rings. The predicted octanol–water partition coefficient (Wildman–Crippen LogP) is 2.68. The number of likely N-dealkylation sites (tertiary alicyclic amines) is 1. The first-order valence-electron chi connectivity index (χ1n) is 5.07. The Kier molecular flexibility index (Phi) is 3.45. The summed E-state index contributed by atoms with van der Waals surface area (Å²) >= 11 is 2.07. The SMILES string of the molecule is O=C(c1cccc(NI)c1)N1CCCC1. The van der Waals surface area contributed by atoms with Crippen LogP contribution in [0.4, 0.5) is 5.69 Å². The van der Waals surface area contributed by atoms with Gasteiger partial charge in [-0.3, -0.25) is 4.79 Å². The number of anilines is 1. The first kappa shape index (κ1) is 10.7. The van der Waals surface area contributed by atoms with E-state index in [9.17, 15) is 4.79 Å². The van der Waals surface area contributed by atoms with Crippen molar-refractivity contribution in [2.45, 2.75) is 12.8 Å². The molecule has 3 nitrogen and oxygen atoms in total. The summed E-state index contributed by atoms with van der Waals surface area (Å²) in [6, 6.07) is 7.63. The van der Waals surface area contributed by atoms with E-state index in [4.69, 9.17) is 0 Å². The van der Waals surface area contributed by atoms with Gasteiger partial charge >= 0.3 is 0 Å². The second-order valence-corrected chi connectivity index (χ2v) is 4.21. The average Bonchev–Trinajstić information content (AvgIpc) is 2.81. The molecule has 1 N–H and O–H groups in total. The second kappa shape index (κ2) is 4.83. The van der Waals surface area contributed by atoms with Gasteiger partial charge in [-0.15, -0.1) is 0 Å². The number of amides is 1. The van der Waals surface area contributed by atoms with Crippen LogP contribution in [-0.4, -0.2) is 23.9 Å². The van der Waals surface area contributed by atoms with Gasteiger partial charge in [0.1, 0.15) is 0 Å². The van der Waals surface area contributed by atoms with Gasteiger partial charge in [0.2, 0.25) is 0 Å². The Morgan fingerprint density at radius 3 is 2.73 bits per heavy atom. The zero-order valence-corrected chi connectivity index (χ0v) is 10.5. The fraction of sp³-hybridized carbons (Fsp3) is 0.364. The number of benzene rings is 1. The molecule has 1 amide bonds. The van der Waals surface area contributed by atoms with Crippen molar-refractivity contribution in [3.8, 4) is 0 Å². The molecule has 0 saturated carbocycles. The van der Waals surface area contributed by atoms with E-state index >= 15 is 0 Å². The average molecular weight is 316 g/mol. The summed E-state index contributed by atoms with van der Waals surface area (Å²) in [5.41, 5.74) is 1.75. The van der Waals surface area contributed by atoms with Crippen LogP contribution in [0.25, 0.3) is 0 Å². The van der Waals surface area contributed by atoms with Crippen molar-refractivity contribution in [1.29, 1.82) is 0 Å². The van der Waals surface area contributed by atoms with Gasteiger partial charge in [-0.1, -0.05) is 6.07 Å². The Bertz CT molecular complexity index is 361. The maximum absolute atomic E-state index is 12.0. The molecular formula is C11H13IN2O. The zero-order valence-electron chi connectivity index (χ0n) is 8.37. The smallest absolute Gasteiger partial charge is 0.253 e. The minimum absolute atomic E-state index is 0.154. The van der Waals surface area contributed by atoms with Crippen LogP contribution in [0.5, 0.6) is 0 Å². The molecule has 1 aliphatic rings. The normalized spacial score (nSPS) is 15.4. The van der Waals surface area contributed by atoms with Crippen LogP contribution in [0.1, 0.15) is 23.2 Å². The van der Waals surface area contributed by atoms with Crippen LogP contribution in [0.15, 0.2) is 24.3 Å². The lowest BCUT2D eigenvalue weighted by molar-refractivity contribution is 0.0793. The third-order valence-corrected chi connectivity index (χ3v) is 3.23. The Labute approximate surface area is 103 Å². The minimum atomic E-state index is 0.154. The third kappa shape index (κ3) is 2.42. The van der Waals surface area contributed by atoms with E-state index in [1.165, 1.54) is 0 Å². The van der Waals surface area contributed by atoms with Crippen LogP contribution in [0.2, 0.25) is 0 Å². The monoisotopic (exact) mass is 316 g/mol. The summed E-state index contributed by atoms with van der Waals surface area (Å²) < 4.78 is 3.01. The van der Waals surface area contributed by atoms with Gasteiger partial charge in [-0.2, -0.15) is 0 Å². The molecule has 1 fully saturated rings. The van der Waals surface area contributed by atoms with E-state index in [1.54, 1.807) is 0 Å². The maximum atomic E-state index is 12.0. The summed E-state index contributed by atoms with van der Waals surface area (Å²) in [6.45, 7) is 1.81. The summed E-state index contributed by atoms with van der Waals surface area (Å²) in [5, 5.41) is 0. The highest BCUT2D eigenvalue weighted by molar-refractivity contribution is 14.1. The highest BCUT2D eigenvalue weighted by Crippen LogP contribution is 2.16. The molecule has 0 aromatic heterocycles. The highest BCUT2D eigenvalue weighted by Gasteiger charge is 2.19. The fourth-order valence-corrected chi connectivity index (χ4v) is 2.15. The lowest BCUT2D eigenvalue weighted by Gasteiger charge is -2.15. The standard InChI is InChI=1S/C11H13IN2O/c12-13-10-5-3-4-9(8-10)11(15)14-6-1-2-7-14/h3-5,8,13H,1-2,6-7H2. The number of halogens is 1. The molecular weight excluding hydrogens is 303 g/mol. The van der Waals surface area contributed by atoms with E-state index in [0.717, 1.165) is 37.2 Å². The number of carbonyl (C=O) groups excluding carboxylic acids is 1. The molecule has 1 aromatic carbocycles. The minimum Gasteiger partial charge on any atom is -0.339 e. The van der Waals surface area contributed by atoms with Crippen LogP contribution < -0.4 is 3.53 Å². The van der Waals surface area contributed by atoms with Crippen molar-refractivity contribution in [2.24, 2.45) is 0 Å². The molecule has 1 aliphatic heterocycles. The van der Waals surface area contributed by atoms with Crippen molar-refractivity contribution in [1.82, 2.24) is 4.90 Å². The molecule has 15 heavy (non-hydrogen) atoms. The number of rotatable bonds is 2. The second-order valence-electron chi connectivity index (χ2n) is 3.67. The Morgan fingerprint density at radius 1 is 1.33 bits per heavy atom. The lowest BCUT2D eigenvalue weighted by atomic mass is 10.2. The Balaban J connectivity index is 2.17. The topological polar surface area (TPSA) is 32.3 Å². The van der Waals surface area contributed by atoms with Gasteiger partial charge < -0.3 is 8.43 Å². The van der Waals surface area contributed by atoms with Crippen molar-refractivity contribution >= 4 is 34.5 Å². The molecule has 80 valence electrons. The molecule has 1 heterocycles. The molecule has 0 unspecified atom stereocenters. The number of hydrogen-bond donors (Lipinski definition) is 1. The van der Waals surface area contributed by atoms with Gasteiger partial charge in [0.15, 0.2) is 0 Å². The van der Waals surface area contributed by atoms with E-state index in [2.05, 4.69) is 26.4 Å². The number of carbonyl (C=O) groups is 1. The zero-order chi connectivity index (χ0) is 10.7. The Hall–Kier alpha value is -0.780. The molecule has 0 bridgehead atoms. The quantitative estimate of drug-likeness (QED) is 0.672. The van der Waals surface area contributed by atoms with Gasteiger partial charge in [-0.25, -0.2) is 0 Å². The highest BCUT2D eigenvalue weighted by atomic mass is 127. The van der Waals surface area contributed by atoms with Crippen molar-refractivity contribution in [3.05, 3.63) is 29.8 Å². The largest absolute Gasteiger partial charge is 0.339 e. The predicted molar refractivity (Wildman–Crippen MR) is 69.2 cm³/mol. The number of nitrogens with one attached hydrogen (secondary N) is 1. The maximum Gasteiger partial charge on any atom is 0.253 e. The first-order valence-corrected chi connectivity index (χ1v) is 6.15. The first-order chi connectivity index (χ1) is 7.31. The molecule has 2 rings (SSSR count). The van der Waals surface area contributed by atoms with Crippen molar-refractivity contribution in [3.63, 3.8) is 0 Å². The number of nitrogens with zero attached hydrogens (tertiary/aromatic N) is 1. The molecule has 4 heteroatoms. The summed E-state index contributed by atoms with van der Waals surface area (Å²) in [5.74, 6) is 0.154. The van der Waals surface area contributed by atoms with Gasteiger partial charge in [0.05, 0.1) is 22.9 Å². The van der Waals surface area contributed by atoms with E-state index in [-0.39, 0.29) is 5.91 Å².